The fourth-order valence-electron chi connectivity index (χ4n) is 1.50. The van der Waals surface area contributed by atoms with Crippen molar-refractivity contribution in [3.63, 3.8) is 0 Å². The van der Waals surface area contributed by atoms with Crippen LogP contribution in [0, 0.1) is 12.7 Å². The lowest BCUT2D eigenvalue weighted by molar-refractivity contribution is 0.0957. The Hall–Kier alpha value is -1.85. The Morgan fingerprint density at radius 2 is 2.12 bits per heavy atom. The van der Waals surface area contributed by atoms with Gasteiger partial charge < -0.3 is 15.0 Å². The molecule has 0 aromatic carbocycles. The number of hydrogen-bond acceptors (Lipinski definition) is 3. The van der Waals surface area contributed by atoms with Crippen molar-refractivity contribution in [1.29, 1.82) is 0 Å². The Bertz CT molecular complexity index is 494. The first kappa shape index (κ1) is 12.2. The normalized spacial score (nSPS) is 10.2. The first-order valence-electron chi connectivity index (χ1n) is 4.79. The topological polar surface area (TPSA) is 71.3 Å². The molecule has 0 aliphatic carbocycles. The summed E-state index contributed by atoms with van der Waals surface area (Å²) in [7, 11) is 1.30. The maximum Gasteiger partial charge on any atom is 0.267 e. The lowest BCUT2D eigenvalue weighted by Crippen LogP contribution is -2.33. The van der Waals surface area contributed by atoms with Crippen LogP contribution in [0.4, 0.5) is 4.39 Å². The van der Waals surface area contributed by atoms with Crippen LogP contribution >= 0.6 is 0 Å². The highest BCUT2D eigenvalue weighted by molar-refractivity contribution is 5.96. The number of pyridine rings is 1. The van der Waals surface area contributed by atoms with Crippen LogP contribution in [-0.4, -0.2) is 22.6 Å². The van der Waals surface area contributed by atoms with Crippen LogP contribution < -0.4 is 10.9 Å². The number of aromatic nitrogens is 1. The lowest BCUT2D eigenvalue weighted by atomic mass is 10.2. The molecule has 1 aromatic heterocycles. The molecule has 2 N–H and O–H groups in total. The minimum absolute atomic E-state index is 0.0117. The van der Waals surface area contributed by atoms with Gasteiger partial charge in [-0.3, -0.25) is 9.59 Å². The van der Waals surface area contributed by atoms with Crippen molar-refractivity contribution >= 4 is 5.91 Å². The van der Waals surface area contributed by atoms with Crippen molar-refractivity contribution in [2.45, 2.75) is 20.4 Å². The molecule has 1 heterocycles. The number of hydrogen-bond donors (Lipinski definition) is 2. The second kappa shape index (κ2) is 4.34. The highest BCUT2D eigenvalue weighted by atomic mass is 19.1. The molecule has 0 saturated heterocycles. The zero-order valence-electron chi connectivity index (χ0n) is 9.30. The van der Waals surface area contributed by atoms with Gasteiger partial charge in [-0.05, 0) is 13.8 Å². The van der Waals surface area contributed by atoms with Gasteiger partial charge in [0.2, 0.25) is 0 Å². The molecule has 5 nitrogen and oxygen atoms in total. The molecule has 0 radical (unpaired) electrons. The Morgan fingerprint density at radius 1 is 1.56 bits per heavy atom. The molecule has 0 fully saturated rings. The first-order chi connectivity index (χ1) is 7.45. The molecule has 0 aliphatic heterocycles. The molecule has 6 heteroatoms. The molecular formula is C10H13FN2O3. The van der Waals surface area contributed by atoms with Gasteiger partial charge in [0, 0.05) is 13.6 Å². The third kappa shape index (κ3) is 1.66. The van der Waals surface area contributed by atoms with Crippen LogP contribution in [0.5, 0.6) is 5.75 Å². The van der Waals surface area contributed by atoms with Gasteiger partial charge in [-0.2, -0.15) is 0 Å². The van der Waals surface area contributed by atoms with E-state index in [1.807, 2.05) is 0 Å². The van der Waals surface area contributed by atoms with Gasteiger partial charge in [0.1, 0.15) is 5.56 Å². The Kier molecular flexibility index (Phi) is 3.31. The van der Waals surface area contributed by atoms with E-state index >= 15 is 0 Å². The van der Waals surface area contributed by atoms with E-state index < -0.39 is 28.6 Å². The quantitative estimate of drug-likeness (QED) is 0.768. The predicted molar refractivity (Wildman–Crippen MR) is 56.1 cm³/mol. The second-order valence-corrected chi connectivity index (χ2v) is 3.25. The van der Waals surface area contributed by atoms with Gasteiger partial charge in [-0.25, -0.2) is 4.39 Å². The number of aromatic hydroxyl groups is 1. The number of carbonyl (C=O) groups is 1. The van der Waals surface area contributed by atoms with E-state index in [0.29, 0.717) is 0 Å². The number of carbonyl (C=O) groups excluding carboxylic acids is 1. The van der Waals surface area contributed by atoms with Crippen LogP contribution in [0.3, 0.4) is 0 Å². The molecule has 1 aromatic rings. The SMILES string of the molecule is CCn1c(C)c(F)c(O)c(C(=O)NC)c1=O. The zero-order valence-corrected chi connectivity index (χ0v) is 9.30. The van der Waals surface area contributed by atoms with Crippen molar-refractivity contribution < 1.29 is 14.3 Å². The van der Waals surface area contributed by atoms with Crippen LogP contribution in [0.1, 0.15) is 23.0 Å². The van der Waals surface area contributed by atoms with Crippen LogP contribution in [0.25, 0.3) is 0 Å². The number of rotatable bonds is 2. The summed E-state index contributed by atoms with van der Waals surface area (Å²) in [6, 6.07) is 0. The zero-order chi connectivity index (χ0) is 12.5. The number of nitrogens with zero attached hydrogens (tertiary/aromatic N) is 1. The average molecular weight is 228 g/mol. The highest BCUT2D eigenvalue weighted by Crippen LogP contribution is 2.20. The molecule has 0 aliphatic rings. The molecule has 0 atom stereocenters. The third-order valence-corrected chi connectivity index (χ3v) is 2.40. The largest absolute Gasteiger partial charge is 0.504 e. The van der Waals surface area contributed by atoms with Crippen LogP contribution in [0.15, 0.2) is 4.79 Å². The first-order valence-corrected chi connectivity index (χ1v) is 4.79. The van der Waals surface area contributed by atoms with Gasteiger partial charge in [-0.1, -0.05) is 0 Å². The molecule has 16 heavy (non-hydrogen) atoms. The molecule has 0 saturated carbocycles. The van der Waals surface area contributed by atoms with Gasteiger partial charge in [-0.15, -0.1) is 0 Å². The monoisotopic (exact) mass is 228 g/mol. The van der Waals surface area contributed by atoms with E-state index in [2.05, 4.69) is 5.32 Å². The maximum atomic E-state index is 13.5. The summed E-state index contributed by atoms with van der Waals surface area (Å²) >= 11 is 0. The molecule has 88 valence electrons. The Morgan fingerprint density at radius 3 is 2.56 bits per heavy atom. The summed E-state index contributed by atoms with van der Waals surface area (Å²) in [5.41, 5.74) is -1.25. The lowest BCUT2D eigenvalue weighted by Gasteiger charge is -2.12. The standard InChI is InChI=1S/C10H13FN2O3/c1-4-13-5(2)7(11)8(14)6(10(13)16)9(15)12-3/h14H,4H2,1-3H3,(H,12,15). The van der Waals surface area contributed by atoms with E-state index in [4.69, 9.17) is 0 Å². The molecule has 0 unspecified atom stereocenters. The van der Waals surface area contributed by atoms with Gasteiger partial charge in [0.05, 0.1) is 5.69 Å². The summed E-state index contributed by atoms with van der Waals surface area (Å²) in [6.07, 6.45) is 0. The third-order valence-electron chi connectivity index (χ3n) is 2.40. The fourth-order valence-corrected chi connectivity index (χ4v) is 1.50. The smallest absolute Gasteiger partial charge is 0.267 e. The predicted octanol–water partition coefficient (Wildman–Crippen LogP) is 0.381. The Balaban J connectivity index is 3.69. The number of halogens is 1. The number of nitrogens with one attached hydrogen (secondary N) is 1. The average Bonchev–Trinajstić information content (AvgIpc) is 2.27. The molecule has 0 bridgehead atoms. The van der Waals surface area contributed by atoms with Gasteiger partial charge >= 0.3 is 0 Å². The summed E-state index contributed by atoms with van der Waals surface area (Å²) < 4.78 is 14.6. The summed E-state index contributed by atoms with van der Waals surface area (Å²) in [5, 5.41) is 11.6. The maximum absolute atomic E-state index is 13.5. The van der Waals surface area contributed by atoms with Crippen molar-refractivity contribution in [3.8, 4) is 5.75 Å². The number of amides is 1. The van der Waals surface area contributed by atoms with Crippen molar-refractivity contribution in [2.75, 3.05) is 7.05 Å². The molecule has 1 rings (SSSR count). The minimum atomic E-state index is -0.944. The van der Waals surface area contributed by atoms with Crippen LogP contribution in [0.2, 0.25) is 0 Å². The van der Waals surface area contributed by atoms with Crippen molar-refractivity contribution in [2.24, 2.45) is 0 Å². The summed E-state index contributed by atoms with van der Waals surface area (Å²) in [6.45, 7) is 3.25. The summed E-state index contributed by atoms with van der Waals surface area (Å²) in [5.74, 6) is -2.64. The second-order valence-electron chi connectivity index (χ2n) is 3.25. The molecule has 1 amide bonds. The molecular weight excluding hydrogens is 215 g/mol. The van der Waals surface area contributed by atoms with Crippen molar-refractivity contribution in [3.05, 3.63) is 27.4 Å². The van der Waals surface area contributed by atoms with Crippen molar-refractivity contribution in [1.82, 2.24) is 9.88 Å². The minimum Gasteiger partial charge on any atom is -0.504 e. The van der Waals surface area contributed by atoms with E-state index in [-0.39, 0.29) is 12.2 Å². The van der Waals surface area contributed by atoms with E-state index in [0.717, 1.165) is 4.57 Å². The summed E-state index contributed by atoms with van der Waals surface area (Å²) in [4.78, 5) is 23.1. The van der Waals surface area contributed by atoms with E-state index in [1.54, 1.807) is 6.92 Å². The van der Waals surface area contributed by atoms with Gasteiger partial charge in [0.25, 0.3) is 11.5 Å². The van der Waals surface area contributed by atoms with Gasteiger partial charge in [0.15, 0.2) is 11.6 Å². The fraction of sp³-hybridized carbons (Fsp3) is 0.400. The molecule has 0 spiro atoms. The van der Waals surface area contributed by atoms with E-state index in [9.17, 15) is 19.1 Å². The van der Waals surface area contributed by atoms with Crippen LogP contribution in [-0.2, 0) is 6.54 Å². The Labute approximate surface area is 91.5 Å². The van der Waals surface area contributed by atoms with E-state index in [1.165, 1.54) is 14.0 Å². The highest BCUT2D eigenvalue weighted by Gasteiger charge is 2.23.